The Bertz CT molecular complexity index is 565. The second-order valence-corrected chi connectivity index (χ2v) is 6.08. The number of thiazole rings is 2. The molecule has 0 saturated carbocycles. The molecule has 108 valence electrons. The number of hydrogen-bond donors (Lipinski definition) is 1. The predicted molar refractivity (Wildman–Crippen MR) is 81.2 cm³/mol. The number of ether oxygens (including phenoxy) is 1. The topological polar surface area (TPSA) is 64.1 Å². The average Bonchev–Trinajstić information content (AvgIpc) is 3.03. The molecule has 7 heteroatoms. The van der Waals surface area contributed by atoms with E-state index in [2.05, 4.69) is 15.3 Å². The highest BCUT2D eigenvalue weighted by Crippen LogP contribution is 2.18. The van der Waals surface area contributed by atoms with Crippen molar-refractivity contribution in [2.75, 3.05) is 11.9 Å². The van der Waals surface area contributed by atoms with Crippen molar-refractivity contribution in [2.24, 2.45) is 0 Å². The van der Waals surface area contributed by atoms with Crippen LogP contribution < -0.4 is 5.32 Å². The first-order valence-electron chi connectivity index (χ1n) is 6.42. The first-order chi connectivity index (χ1) is 9.67. The molecule has 2 aromatic rings. The Morgan fingerprint density at radius 3 is 2.80 bits per heavy atom. The number of carbonyl (C=O) groups excluding carboxylic acids is 1. The summed E-state index contributed by atoms with van der Waals surface area (Å²) in [6.07, 6.45) is 0.995. The molecule has 0 aliphatic heterocycles. The second kappa shape index (κ2) is 7.35. The number of aromatic nitrogens is 2. The molecule has 0 saturated heterocycles. The molecule has 20 heavy (non-hydrogen) atoms. The van der Waals surface area contributed by atoms with Crippen LogP contribution in [0, 0.1) is 6.92 Å². The van der Waals surface area contributed by atoms with Gasteiger partial charge < -0.3 is 10.1 Å². The van der Waals surface area contributed by atoms with Crippen molar-refractivity contribution in [3.05, 3.63) is 27.2 Å². The Hall–Kier alpha value is -1.47. The lowest BCUT2D eigenvalue weighted by molar-refractivity contribution is -0.143. The Labute approximate surface area is 126 Å². The third kappa shape index (κ3) is 4.57. The van der Waals surface area contributed by atoms with Gasteiger partial charge in [-0.05, 0) is 13.8 Å². The summed E-state index contributed by atoms with van der Waals surface area (Å²) in [7, 11) is 0. The molecule has 2 heterocycles. The molecule has 0 atom stereocenters. The van der Waals surface area contributed by atoms with Gasteiger partial charge in [0.15, 0.2) is 5.13 Å². The smallest absolute Gasteiger partial charge is 0.306 e. The zero-order valence-electron chi connectivity index (χ0n) is 11.5. The van der Waals surface area contributed by atoms with Crippen molar-refractivity contribution in [3.8, 4) is 0 Å². The highest BCUT2D eigenvalue weighted by molar-refractivity contribution is 7.13. The third-order valence-corrected chi connectivity index (χ3v) is 4.20. The van der Waals surface area contributed by atoms with Crippen molar-refractivity contribution in [2.45, 2.75) is 33.2 Å². The van der Waals surface area contributed by atoms with Crippen molar-refractivity contribution in [1.29, 1.82) is 0 Å². The highest BCUT2D eigenvalue weighted by atomic mass is 32.1. The monoisotopic (exact) mass is 311 g/mol. The van der Waals surface area contributed by atoms with Crippen molar-refractivity contribution >= 4 is 33.8 Å². The van der Waals surface area contributed by atoms with Crippen LogP contribution >= 0.6 is 22.7 Å². The molecule has 1 N–H and O–H groups in total. The molecule has 0 aliphatic carbocycles. The van der Waals surface area contributed by atoms with Gasteiger partial charge in [0.2, 0.25) is 0 Å². The summed E-state index contributed by atoms with van der Waals surface area (Å²) in [6, 6.07) is 0. The Kier molecular flexibility index (Phi) is 5.49. The zero-order chi connectivity index (χ0) is 14.4. The Morgan fingerprint density at radius 2 is 2.10 bits per heavy atom. The number of nitrogens with one attached hydrogen (secondary N) is 1. The van der Waals surface area contributed by atoms with E-state index < -0.39 is 0 Å². The summed E-state index contributed by atoms with van der Waals surface area (Å²) in [5, 5.41) is 9.17. The van der Waals surface area contributed by atoms with Gasteiger partial charge in [0, 0.05) is 17.2 Å². The van der Waals surface area contributed by atoms with Crippen LogP contribution in [-0.2, 0) is 22.5 Å². The summed E-state index contributed by atoms with van der Waals surface area (Å²) < 4.78 is 4.89. The third-order valence-electron chi connectivity index (χ3n) is 2.53. The van der Waals surface area contributed by atoms with E-state index in [-0.39, 0.29) is 5.97 Å². The molecule has 0 spiro atoms. The zero-order valence-corrected chi connectivity index (χ0v) is 13.1. The van der Waals surface area contributed by atoms with Crippen molar-refractivity contribution in [3.63, 3.8) is 0 Å². The van der Waals surface area contributed by atoms with Crippen LogP contribution in [0.4, 0.5) is 5.13 Å². The highest BCUT2D eigenvalue weighted by Gasteiger charge is 2.07. The molecular weight excluding hydrogens is 294 g/mol. The summed E-state index contributed by atoms with van der Waals surface area (Å²) in [5.74, 6) is -0.173. The minimum absolute atomic E-state index is 0.173. The molecule has 0 unspecified atom stereocenters. The largest absolute Gasteiger partial charge is 0.466 e. The van der Waals surface area contributed by atoms with E-state index in [1.54, 1.807) is 22.7 Å². The fourth-order valence-corrected chi connectivity index (χ4v) is 2.98. The van der Waals surface area contributed by atoms with Gasteiger partial charge in [-0.3, -0.25) is 4.79 Å². The Morgan fingerprint density at radius 1 is 1.30 bits per heavy atom. The first kappa shape index (κ1) is 14.9. The van der Waals surface area contributed by atoms with E-state index >= 15 is 0 Å². The molecule has 0 bridgehead atoms. The average molecular weight is 311 g/mol. The lowest BCUT2D eigenvalue weighted by atomic mass is 10.2. The predicted octanol–water partition coefficient (Wildman–Crippen LogP) is 3.02. The maximum Gasteiger partial charge on any atom is 0.306 e. The van der Waals surface area contributed by atoms with Gasteiger partial charge in [0.05, 0.1) is 36.0 Å². The number of aryl methyl sites for hydroxylation is 2. The fraction of sp³-hybridized carbons (Fsp3) is 0.462. The molecule has 0 radical (unpaired) electrons. The minimum atomic E-state index is -0.173. The molecule has 0 amide bonds. The summed E-state index contributed by atoms with van der Waals surface area (Å²) in [6.45, 7) is 4.90. The van der Waals surface area contributed by atoms with E-state index in [1.807, 2.05) is 24.6 Å². The molecular formula is C13H17N3O2S2. The van der Waals surface area contributed by atoms with E-state index in [4.69, 9.17) is 4.74 Å². The van der Waals surface area contributed by atoms with E-state index in [9.17, 15) is 4.79 Å². The summed E-state index contributed by atoms with van der Waals surface area (Å²) in [4.78, 5) is 20.1. The molecule has 0 aromatic carbocycles. The number of hydrogen-bond acceptors (Lipinski definition) is 7. The van der Waals surface area contributed by atoms with E-state index in [0.717, 1.165) is 21.5 Å². The van der Waals surface area contributed by atoms with Gasteiger partial charge in [-0.25, -0.2) is 9.97 Å². The number of rotatable bonds is 7. The molecule has 0 aliphatic rings. The van der Waals surface area contributed by atoms with Gasteiger partial charge in [0.1, 0.15) is 0 Å². The van der Waals surface area contributed by atoms with Crippen molar-refractivity contribution < 1.29 is 9.53 Å². The fourth-order valence-electron chi connectivity index (χ4n) is 1.62. The van der Waals surface area contributed by atoms with Gasteiger partial charge in [-0.15, -0.1) is 22.7 Å². The van der Waals surface area contributed by atoms with Crippen LogP contribution in [0.1, 0.15) is 29.7 Å². The van der Waals surface area contributed by atoms with E-state index in [0.29, 0.717) is 26.0 Å². The molecule has 2 aromatic heterocycles. The van der Waals surface area contributed by atoms with Crippen LogP contribution in [-0.4, -0.2) is 22.5 Å². The van der Waals surface area contributed by atoms with Crippen LogP contribution in [0.15, 0.2) is 10.8 Å². The minimum Gasteiger partial charge on any atom is -0.466 e. The number of anilines is 1. The molecule has 0 fully saturated rings. The van der Waals surface area contributed by atoms with Crippen LogP contribution in [0.2, 0.25) is 0 Å². The number of carbonyl (C=O) groups is 1. The summed E-state index contributed by atoms with van der Waals surface area (Å²) in [5.41, 5.74) is 1.94. The lowest BCUT2D eigenvalue weighted by Crippen LogP contribution is -2.05. The quantitative estimate of drug-likeness (QED) is 0.796. The number of esters is 1. The normalized spacial score (nSPS) is 10.5. The maximum absolute atomic E-state index is 11.3. The molecule has 2 rings (SSSR count). The van der Waals surface area contributed by atoms with Crippen LogP contribution in [0.3, 0.4) is 0 Å². The Balaban J connectivity index is 1.78. The standard InChI is InChI=1S/C13H17N3O2S2/c1-3-18-12(17)5-4-10-7-20-13(16-10)14-6-11-8-19-9(2)15-11/h7-8H,3-6H2,1-2H3,(H,14,16). The van der Waals surface area contributed by atoms with Gasteiger partial charge in [0.25, 0.3) is 0 Å². The summed E-state index contributed by atoms with van der Waals surface area (Å²) >= 11 is 3.18. The number of nitrogens with zero attached hydrogens (tertiary/aromatic N) is 2. The van der Waals surface area contributed by atoms with Crippen LogP contribution in [0.5, 0.6) is 0 Å². The molecule has 5 nitrogen and oxygen atoms in total. The van der Waals surface area contributed by atoms with Gasteiger partial charge in [-0.2, -0.15) is 0 Å². The first-order valence-corrected chi connectivity index (χ1v) is 8.18. The maximum atomic E-state index is 11.3. The van der Waals surface area contributed by atoms with E-state index in [1.165, 1.54) is 0 Å². The lowest BCUT2D eigenvalue weighted by Gasteiger charge is -2.00. The SMILES string of the molecule is CCOC(=O)CCc1csc(NCc2csc(C)n2)n1. The van der Waals surface area contributed by atoms with Crippen LogP contribution in [0.25, 0.3) is 0 Å². The second-order valence-electron chi connectivity index (χ2n) is 4.16. The van der Waals surface area contributed by atoms with Gasteiger partial charge >= 0.3 is 5.97 Å². The van der Waals surface area contributed by atoms with Crippen molar-refractivity contribution in [1.82, 2.24) is 9.97 Å². The van der Waals surface area contributed by atoms with Gasteiger partial charge in [-0.1, -0.05) is 0 Å².